The molecule has 21 heavy (non-hydrogen) atoms. The minimum Gasteiger partial charge on any atom is -0.330 e. The highest BCUT2D eigenvalue weighted by Crippen LogP contribution is 2.39. The summed E-state index contributed by atoms with van der Waals surface area (Å²) >= 11 is 0. The molecule has 0 fully saturated rings. The van der Waals surface area contributed by atoms with Gasteiger partial charge in [-0.2, -0.15) is 0 Å². The lowest BCUT2D eigenvalue weighted by molar-refractivity contribution is 0.365. The van der Waals surface area contributed by atoms with Gasteiger partial charge in [0.05, 0.1) is 0 Å². The first-order valence-corrected chi connectivity index (χ1v) is 8.14. The van der Waals surface area contributed by atoms with Crippen molar-refractivity contribution in [2.24, 2.45) is 5.73 Å². The highest BCUT2D eigenvalue weighted by Gasteiger charge is 2.35. The molecule has 2 N–H and O–H groups in total. The molecular formula is C20H25N. The summed E-state index contributed by atoms with van der Waals surface area (Å²) in [6, 6.07) is 18.0. The van der Waals surface area contributed by atoms with Crippen LogP contribution in [0.4, 0.5) is 0 Å². The number of nitrogens with two attached hydrogens (primary N) is 1. The molecule has 0 bridgehead atoms. The molecule has 0 saturated heterocycles. The molecule has 0 radical (unpaired) electrons. The van der Waals surface area contributed by atoms with E-state index < -0.39 is 0 Å². The number of fused-ring (bicyclic) bond motifs is 1. The van der Waals surface area contributed by atoms with Gasteiger partial charge in [0.2, 0.25) is 0 Å². The van der Waals surface area contributed by atoms with Crippen LogP contribution in [-0.4, -0.2) is 6.54 Å². The van der Waals surface area contributed by atoms with E-state index in [4.69, 9.17) is 5.73 Å². The lowest BCUT2D eigenvalue weighted by Gasteiger charge is -2.38. The Morgan fingerprint density at radius 3 is 2.43 bits per heavy atom. The first-order valence-electron chi connectivity index (χ1n) is 8.14. The molecule has 0 saturated carbocycles. The fraction of sp³-hybridized carbons (Fsp3) is 0.400. The smallest absolute Gasteiger partial charge is 0.0119 e. The summed E-state index contributed by atoms with van der Waals surface area (Å²) in [6.07, 6.45) is 5.82. The predicted molar refractivity (Wildman–Crippen MR) is 89.6 cm³/mol. The third-order valence-electron chi connectivity index (χ3n) is 5.05. The molecule has 0 heterocycles. The monoisotopic (exact) mass is 279 g/mol. The van der Waals surface area contributed by atoms with Gasteiger partial charge in [0, 0.05) is 12.0 Å². The molecule has 0 aliphatic heterocycles. The topological polar surface area (TPSA) is 26.0 Å². The quantitative estimate of drug-likeness (QED) is 0.898. The maximum atomic E-state index is 6.26. The largest absolute Gasteiger partial charge is 0.330 e. The summed E-state index contributed by atoms with van der Waals surface area (Å²) < 4.78 is 0. The Balaban J connectivity index is 1.94. The fourth-order valence-corrected chi connectivity index (χ4v) is 3.76. The summed E-state index contributed by atoms with van der Waals surface area (Å²) in [5.41, 5.74) is 12.2. The molecule has 0 amide bonds. The third-order valence-corrected chi connectivity index (χ3v) is 5.05. The molecule has 1 heteroatoms. The molecule has 0 aromatic heterocycles. The van der Waals surface area contributed by atoms with Crippen molar-refractivity contribution in [3.05, 3.63) is 70.8 Å². The zero-order valence-corrected chi connectivity index (χ0v) is 12.9. The molecule has 110 valence electrons. The van der Waals surface area contributed by atoms with Crippen LogP contribution in [0.1, 0.15) is 42.0 Å². The average molecular weight is 279 g/mol. The highest BCUT2D eigenvalue weighted by molar-refractivity contribution is 5.39. The summed E-state index contributed by atoms with van der Waals surface area (Å²) in [5, 5.41) is 0. The van der Waals surface area contributed by atoms with Gasteiger partial charge >= 0.3 is 0 Å². The van der Waals surface area contributed by atoms with Gasteiger partial charge < -0.3 is 5.73 Å². The van der Waals surface area contributed by atoms with E-state index >= 15 is 0 Å². The molecule has 0 spiro atoms. The van der Waals surface area contributed by atoms with Gasteiger partial charge in [-0.05, 0) is 54.4 Å². The second-order valence-corrected chi connectivity index (χ2v) is 6.34. The van der Waals surface area contributed by atoms with Crippen molar-refractivity contribution in [3.63, 3.8) is 0 Å². The van der Waals surface area contributed by atoms with Gasteiger partial charge in [0.25, 0.3) is 0 Å². The van der Waals surface area contributed by atoms with Crippen LogP contribution < -0.4 is 5.73 Å². The molecule has 1 aliphatic carbocycles. The van der Waals surface area contributed by atoms with Crippen LogP contribution in [0.5, 0.6) is 0 Å². The number of rotatable bonds is 4. The predicted octanol–water partition coefficient (Wildman–Crippen LogP) is 4.02. The van der Waals surface area contributed by atoms with Gasteiger partial charge in [0.15, 0.2) is 0 Å². The van der Waals surface area contributed by atoms with E-state index in [1.54, 1.807) is 0 Å². The van der Waals surface area contributed by atoms with E-state index in [1.165, 1.54) is 41.5 Å². The Morgan fingerprint density at radius 1 is 1.00 bits per heavy atom. The summed E-state index contributed by atoms with van der Waals surface area (Å²) in [5.74, 6) is 0. The Morgan fingerprint density at radius 2 is 1.71 bits per heavy atom. The van der Waals surface area contributed by atoms with Crippen molar-refractivity contribution < 1.29 is 0 Å². The molecule has 2 aromatic carbocycles. The Labute approximate surface area is 128 Å². The van der Waals surface area contributed by atoms with Crippen molar-refractivity contribution in [3.8, 4) is 0 Å². The minimum atomic E-state index is 0.128. The third kappa shape index (κ3) is 2.75. The summed E-state index contributed by atoms with van der Waals surface area (Å²) in [4.78, 5) is 0. The molecule has 3 rings (SSSR count). The number of benzene rings is 2. The van der Waals surface area contributed by atoms with E-state index in [1.807, 2.05) is 0 Å². The Kier molecular flexibility index (Phi) is 4.12. The van der Waals surface area contributed by atoms with Crippen LogP contribution in [-0.2, 0) is 24.7 Å². The minimum absolute atomic E-state index is 0.128. The molecule has 1 unspecified atom stereocenters. The van der Waals surface area contributed by atoms with Crippen LogP contribution in [0.25, 0.3) is 0 Å². The van der Waals surface area contributed by atoms with E-state index in [0.717, 1.165) is 19.4 Å². The zero-order chi connectivity index (χ0) is 14.7. The molecule has 1 nitrogen and oxygen atoms in total. The average Bonchev–Trinajstić information content (AvgIpc) is 2.56. The molecule has 2 aromatic rings. The highest BCUT2D eigenvalue weighted by atomic mass is 14.6. The van der Waals surface area contributed by atoms with Gasteiger partial charge in [-0.25, -0.2) is 0 Å². The van der Waals surface area contributed by atoms with Crippen LogP contribution in [0, 0.1) is 0 Å². The standard InChI is InChI=1S/C20H25N/c1-2-16-9-11-17(12-10-16)14-20(15-21)13-5-7-18-6-3-4-8-19(18)20/h3-4,6,8-12H,2,5,7,13-15,21H2,1H3. The van der Waals surface area contributed by atoms with E-state index in [9.17, 15) is 0 Å². The maximum absolute atomic E-state index is 6.26. The Bertz CT molecular complexity index is 599. The van der Waals surface area contributed by atoms with E-state index in [0.29, 0.717) is 0 Å². The van der Waals surface area contributed by atoms with Crippen molar-refractivity contribution >= 4 is 0 Å². The molecular weight excluding hydrogens is 254 g/mol. The molecule has 1 atom stereocenters. The maximum Gasteiger partial charge on any atom is 0.0119 e. The van der Waals surface area contributed by atoms with Gasteiger partial charge in [0.1, 0.15) is 0 Å². The second-order valence-electron chi connectivity index (χ2n) is 6.34. The molecule has 1 aliphatic rings. The van der Waals surface area contributed by atoms with Crippen LogP contribution in [0.2, 0.25) is 0 Å². The summed E-state index contributed by atoms with van der Waals surface area (Å²) in [7, 11) is 0. The number of hydrogen-bond donors (Lipinski definition) is 1. The number of aryl methyl sites for hydroxylation is 2. The van der Waals surface area contributed by atoms with E-state index in [2.05, 4.69) is 55.5 Å². The number of hydrogen-bond acceptors (Lipinski definition) is 1. The SMILES string of the molecule is CCc1ccc(CC2(CN)CCCc3ccccc32)cc1. The van der Waals surface area contributed by atoms with Gasteiger partial charge in [-0.1, -0.05) is 55.5 Å². The van der Waals surface area contributed by atoms with Crippen LogP contribution in [0.15, 0.2) is 48.5 Å². The lowest BCUT2D eigenvalue weighted by atomic mass is 9.67. The van der Waals surface area contributed by atoms with E-state index in [-0.39, 0.29) is 5.41 Å². The van der Waals surface area contributed by atoms with Crippen molar-refractivity contribution in [1.82, 2.24) is 0 Å². The van der Waals surface area contributed by atoms with Gasteiger partial charge in [-0.3, -0.25) is 0 Å². The van der Waals surface area contributed by atoms with Crippen molar-refractivity contribution in [1.29, 1.82) is 0 Å². The first kappa shape index (κ1) is 14.3. The van der Waals surface area contributed by atoms with Crippen molar-refractivity contribution in [2.45, 2.75) is 44.4 Å². The van der Waals surface area contributed by atoms with Crippen LogP contribution in [0.3, 0.4) is 0 Å². The normalized spacial score (nSPS) is 21.0. The zero-order valence-electron chi connectivity index (χ0n) is 12.9. The second kappa shape index (κ2) is 6.03. The Hall–Kier alpha value is -1.60. The van der Waals surface area contributed by atoms with Gasteiger partial charge in [-0.15, -0.1) is 0 Å². The summed E-state index contributed by atoms with van der Waals surface area (Å²) in [6.45, 7) is 2.94. The van der Waals surface area contributed by atoms with Crippen molar-refractivity contribution in [2.75, 3.05) is 6.54 Å². The van der Waals surface area contributed by atoms with Crippen LogP contribution >= 0.6 is 0 Å². The fourth-order valence-electron chi connectivity index (χ4n) is 3.76. The first-order chi connectivity index (χ1) is 10.3. The lowest BCUT2D eigenvalue weighted by Crippen LogP contribution is -2.40.